The van der Waals surface area contributed by atoms with Gasteiger partial charge in [-0.05, 0) is 27.2 Å². The van der Waals surface area contributed by atoms with E-state index < -0.39 is 8.80 Å². The van der Waals surface area contributed by atoms with E-state index in [1.165, 1.54) is 21.1 Å². The Balaban J connectivity index is 2.15. The third kappa shape index (κ3) is 2.23. The van der Waals surface area contributed by atoms with E-state index in [0.29, 0.717) is 0 Å². The predicted molar refractivity (Wildman–Crippen MR) is 87.8 cm³/mol. The molecule has 0 fully saturated rings. The molecule has 0 saturated carbocycles. The van der Waals surface area contributed by atoms with Crippen LogP contribution in [0.2, 0.25) is 6.55 Å². The molecule has 0 spiro atoms. The second-order valence-electron chi connectivity index (χ2n) is 4.85. The Bertz CT molecular complexity index is 731. The van der Waals surface area contributed by atoms with Gasteiger partial charge in [0, 0.05) is 0 Å². The molecule has 3 aromatic rings. The SMILES string of the molecule is COc1ccccc1[Si](C)c1cccc2ccccc12. The molecule has 20 heavy (non-hydrogen) atoms. The van der Waals surface area contributed by atoms with Crippen LogP contribution in [0.1, 0.15) is 0 Å². The molecule has 0 atom stereocenters. The number of hydrogen-bond acceptors (Lipinski definition) is 1. The minimum Gasteiger partial charge on any atom is -0.497 e. The van der Waals surface area contributed by atoms with Gasteiger partial charge in [0.15, 0.2) is 0 Å². The van der Waals surface area contributed by atoms with Crippen molar-refractivity contribution in [2.45, 2.75) is 6.55 Å². The lowest BCUT2D eigenvalue weighted by Gasteiger charge is -2.16. The van der Waals surface area contributed by atoms with Gasteiger partial charge in [0.2, 0.25) is 0 Å². The van der Waals surface area contributed by atoms with Crippen molar-refractivity contribution in [3.05, 3.63) is 66.7 Å². The van der Waals surface area contributed by atoms with E-state index in [1.807, 2.05) is 6.07 Å². The standard InChI is InChI=1S/C18H17OSi/c1-19-16-11-5-6-12-18(16)20(2)17-13-7-9-14-8-3-4-10-15(14)17/h3-13H,1-2H3. The summed E-state index contributed by atoms with van der Waals surface area (Å²) in [6.07, 6.45) is 0. The molecule has 0 bridgehead atoms. The molecule has 1 radical (unpaired) electrons. The monoisotopic (exact) mass is 277 g/mol. The van der Waals surface area contributed by atoms with Crippen molar-refractivity contribution in [1.29, 1.82) is 0 Å². The maximum atomic E-state index is 5.53. The molecule has 2 heteroatoms. The van der Waals surface area contributed by atoms with Crippen LogP contribution < -0.4 is 15.1 Å². The van der Waals surface area contributed by atoms with E-state index in [4.69, 9.17) is 4.74 Å². The Morgan fingerprint density at radius 2 is 1.40 bits per heavy atom. The van der Waals surface area contributed by atoms with Crippen LogP contribution in [0, 0.1) is 0 Å². The molecule has 0 aliphatic heterocycles. The molecule has 0 saturated heterocycles. The minimum absolute atomic E-state index is 0.837. The van der Waals surface area contributed by atoms with Crippen LogP contribution in [0.15, 0.2) is 66.7 Å². The molecular formula is C18H17OSi. The van der Waals surface area contributed by atoms with Crippen molar-refractivity contribution < 1.29 is 4.74 Å². The lowest BCUT2D eigenvalue weighted by molar-refractivity contribution is 0.418. The molecule has 3 aromatic carbocycles. The number of ether oxygens (including phenoxy) is 1. The third-order valence-electron chi connectivity index (χ3n) is 3.70. The fourth-order valence-corrected chi connectivity index (χ4v) is 4.82. The van der Waals surface area contributed by atoms with Crippen LogP contribution in [0.4, 0.5) is 0 Å². The van der Waals surface area contributed by atoms with E-state index in [-0.39, 0.29) is 0 Å². The van der Waals surface area contributed by atoms with Crippen molar-refractivity contribution >= 4 is 29.9 Å². The number of rotatable bonds is 3. The van der Waals surface area contributed by atoms with Gasteiger partial charge < -0.3 is 4.74 Å². The summed E-state index contributed by atoms with van der Waals surface area (Å²) in [6.45, 7) is 2.34. The number of benzene rings is 3. The second kappa shape index (κ2) is 5.51. The molecule has 0 N–H and O–H groups in total. The fourth-order valence-electron chi connectivity index (χ4n) is 2.65. The topological polar surface area (TPSA) is 9.23 Å². The van der Waals surface area contributed by atoms with Gasteiger partial charge in [-0.3, -0.25) is 0 Å². The highest BCUT2D eigenvalue weighted by Gasteiger charge is 2.17. The van der Waals surface area contributed by atoms with Gasteiger partial charge in [0.25, 0.3) is 0 Å². The maximum Gasteiger partial charge on any atom is 0.124 e. The zero-order valence-corrected chi connectivity index (χ0v) is 12.8. The highest BCUT2D eigenvalue weighted by Crippen LogP contribution is 2.14. The highest BCUT2D eigenvalue weighted by molar-refractivity contribution is 6.86. The van der Waals surface area contributed by atoms with E-state index >= 15 is 0 Å². The van der Waals surface area contributed by atoms with Crippen molar-refractivity contribution in [1.82, 2.24) is 0 Å². The molecule has 3 rings (SSSR count). The molecule has 0 aromatic heterocycles. The first-order valence-corrected chi connectivity index (χ1v) is 8.76. The van der Waals surface area contributed by atoms with Gasteiger partial charge in [0.05, 0.1) is 7.11 Å². The Morgan fingerprint density at radius 3 is 2.25 bits per heavy atom. The summed E-state index contributed by atoms with van der Waals surface area (Å²) in [5, 5.41) is 5.44. The van der Waals surface area contributed by atoms with Crippen molar-refractivity contribution in [3.8, 4) is 5.75 Å². The van der Waals surface area contributed by atoms with Crippen LogP contribution in [0.3, 0.4) is 0 Å². The first kappa shape index (κ1) is 12.9. The van der Waals surface area contributed by atoms with Gasteiger partial charge in [-0.15, -0.1) is 0 Å². The first-order chi connectivity index (χ1) is 9.81. The Hall–Kier alpha value is -2.06. The average molecular weight is 277 g/mol. The van der Waals surface area contributed by atoms with Crippen molar-refractivity contribution in [2.75, 3.05) is 7.11 Å². The van der Waals surface area contributed by atoms with E-state index in [2.05, 4.69) is 67.2 Å². The predicted octanol–water partition coefficient (Wildman–Crippen LogP) is 3.09. The van der Waals surface area contributed by atoms with Crippen LogP contribution in [-0.4, -0.2) is 15.9 Å². The largest absolute Gasteiger partial charge is 0.497 e. The fraction of sp³-hybridized carbons (Fsp3) is 0.111. The molecule has 0 unspecified atom stereocenters. The Kier molecular flexibility index (Phi) is 3.57. The Morgan fingerprint density at radius 1 is 0.750 bits per heavy atom. The van der Waals surface area contributed by atoms with Gasteiger partial charge >= 0.3 is 0 Å². The Labute approximate surface area is 121 Å². The summed E-state index contributed by atoms with van der Waals surface area (Å²) in [5.74, 6) is 0.997. The lowest BCUT2D eigenvalue weighted by atomic mass is 10.1. The minimum atomic E-state index is -0.837. The number of para-hydroxylation sites is 1. The number of hydrogen-bond donors (Lipinski definition) is 0. The summed E-state index contributed by atoms with van der Waals surface area (Å²) < 4.78 is 5.53. The molecule has 0 amide bonds. The van der Waals surface area contributed by atoms with Crippen LogP contribution in [0.5, 0.6) is 5.75 Å². The second-order valence-corrected chi connectivity index (χ2v) is 7.18. The summed E-state index contributed by atoms with van der Waals surface area (Å²) in [5.41, 5.74) is 0. The quantitative estimate of drug-likeness (QED) is 0.669. The molecule has 1 nitrogen and oxygen atoms in total. The van der Waals surface area contributed by atoms with Crippen LogP contribution in [0.25, 0.3) is 10.8 Å². The summed E-state index contributed by atoms with van der Waals surface area (Å²) >= 11 is 0. The molecular weight excluding hydrogens is 260 g/mol. The number of fused-ring (bicyclic) bond motifs is 1. The lowest BCUT2D eigenvalue weighted by Crippen LogP contribution is -2.40. The van der Waals surface area contributed by atoms with Crippen molar-refractivity contribution in [2.24, 2.45) is 0 Å². The summed E-state index contributed by atoms with van der Waals surface area (Å²) in [7, 11) is 0.911. The first-order valence-electron chi connectivity index (χ1n) is 6.76. The van der Waals surface area contributed by atoms with E-state index in [1.54, 1.807) is 7.11 Å². The van der Waals surface area contributed by atoms with Gasteiger partial charge in [-0.2, -0.15) is 0 Å². The zero-order valence-electron chi connectivity index (χ0n) is 11.8. The molecule has 0 heterocycles. The highest BCUT2D eigenvalue weighted by atomic mass is 28.3. The summed E-state index contributed by atoms with van der Waals surface area (Å²) in [6, 6.07) is 23.5. The van der Waals surface area contributed by atoms with Gasteiger partial charge in [0.1, 0.15) is 14.5 Å². The van der Waals surface area contributed by atoms with Crippen LogP contribution in [-0.2, 0) is 0 Å². The van der Waals surface area contributed by atoms with E-state index in [9.17, 15) is 0 Å². The molecule has 0 aliphatic carbocycles. The smallest absolute Gasteiger partial charge is 0.124 e. The maximum absolute atomic E-state index is 5.53. The number of methoxy groups -OCH3 is 1. The molecule has 0 aliphatic rings. The van der Waals surface area contributed by atoms with Crippen LogP contribution >= 0.6 is 0 Å². The third-order valence-corrected chi connectivity index (χ3v) is 6.17. The van der Waals surface area contributed by atoms with Gasteiger partial charge in [-0.1, -0.05) is 67.2 Å². The average Bonchev–Trinajstić information content (AvgIpc) is 2.53. The van der Waals surface area contributed by atoms with Gasteiger partial charge in [-0.25, -0.2) is 0 Å². The zero-order chi connectivity index (χ0) is 13.9. The molecule has 99 valence electrons. The summed E-state index contributed by atoms with van der Waals surface area (Å²) in [4.78, 5) is 0. The van der Waals surface area contributed by atoms with Crippen molar-refractivity contribution in [3.63, 3.8) is 0 Å². The normalized spacial score (nSPS) is 10.9. The van der Waals surface area contributed by atoms with E-state index in [0.717, 1.165) is 5.75 Å².